The van der Waals surface area contributed by atoms with Crippen LogP contribution in [0.25, 0.3) is 11.0 Å². The van der Waals surface area contributed by atoms with E-state index in [-0.39, 0.29) is 0 Å². The third-order valence-electron chi connectivity index (χ3n) is 3.68. The van der Waals surface area contributed by atoms with E-state index in [9.17, 15) is 0 Å². The van der Waals surface area contributed by atoms with Crippen molar-refractivity contribution in [1.82, 2.24) is 15.6 Å². The molecule has 3 rings (SSSR count). The van der Waals surface area contributed by atoms with Gasteiger partial charge < -0.3 is 15.1 Å². The summed E-state index contributed by atoms with van der Waals surface area (Å²) in [6.45, 7) is 5.40. The quantitative estimate of drug-likeness (QED) is 0.569. The highest BCUT2D eigenvalue weighted by Gasteiger charge is 2.10. The van der Waals surface area contributed by atoms with E-state index in [2.05, 4.69) is 33.6 Å². The zero-order chi connectivity index (χ0) is 16.2. The van der Waals surface area contributed by atoms with Crippen LogP contribution in [-0.2, 0) is 13.1 Å². The predicted molar refractivity (Wildman–Crippen MR) is 94.8 cm³/mol. The van der Waals surface area contributed by atoms with E-state index in [1.807, 2.05) is 31.3 Å². The molecule has 23 heavy (non-hydrogen) atoms. The molecule has 0 spiro atoms. The monoisotopic (exact) mass is 328 g/mol. The number of benzene rings is 1. The van der Waals surface area contributed by atoms with Crippen LogP contribution in [0, 0.1) is 13.8 Å². The van der Waals surface area contributed by atoms with Gasteiger partial charge in [-0.25, -0.2) is 4.98 Å². The lowest BCUT2D eigenvalue weighted by atomic mass is 10.1. The molecular weight excluding hydrogens is 308 g/mol. The molecule has 120 valence electrons. The van der Waals surface area contributed by atoms with Crippen LogP contribution < -0.4 is 10.6 Å². The number of hydrogen-bond donors (Lipinski definition) is 2. The summed E-state index contributed by atoms with van der Waals surface area (Å²) in [5.41, 5.74) is 2.09. The second kappa shape index (κ2) is 6.83. The second-order valence-electron chi connectivity index (χ2n) is 5.27. The van der Waals surface area contributed by atoms with E-state index in [0.717, 1.165) is 27.7 Å². The number of aromatic nitrogens is 1. The van der Waals surface area contributed by atoms with E-state index in [1.54, 1.807) is 18.4 Å². The van der Waals surface area contributed by atoms with Crippen LogP contribution in [-0.4, -0.2) is 18.0 Å². The Bertz CT molecular complexity index is 834. The zero-order valence-corrected chi connectivity index (χ0v) is 14.3. The number of rotatable bonds is 4. The number of hydrogen-bond acceptors (Lipinski definition) is 4. The van der Waals surface area contributed by atoms with Crippen LogP contribution in [0.1, 0.15) is 21.2 Å². The molecule has 0 saturated carbocycles. The molecule has 2 N–H and O–H groups in total. The number of nitrogens with zero attached hydrogens (tertiary/aromatic N) is 2. The maximum Gasteiger partial charge on any atom is 0.191 e. The molecule has 0 aliphatic heterocycles. The van der Waals surface area contributed by atoms with E-state index < -0.39 is 0 Å². The van der Waals surface area contributed by atoms with E-state index >= 15 is 0 Å². The molecule has 0 atom stereocenters. The zero-order valence-electron chi connectivity index (χ0n) is 13.5. The molecular formula is C17H20N4OS. The van der Waals surface area contributed by atoms with Crippen LogP contribution in [0.4, 0.5) is 0 Å². The summed E-state index contributed by atoms with van der Waals surface area (Å²) in [5, 5.41) is 8.82. The van der Waals surface area contributed by atoms with Crippen molar-refractivity contribution in [2.75, 3.05) is 7.05 Å². The van der Waals surface area contributed by atoms with Crippen molar-refractivity contribution in [2.45, 2.75) is 26.9 Å². The maximum atomic E-state index is 5.91. The van der Waals surface area contributed by atoms with Crippen molar-refractivity contribution in [3.63, 3.8) is 0 Å². The number of aryl methyl sites for hydroxylation is 2. The molecule has 5 nitrogen and oxygen atoms in total. The fourth-order valence-corrected chi connectivity index (χ4v) is 3.17. The van der Waals surface area contributed by atoms with Crippen molar-refractivity contribution in [3.05, 3.63) is 51.7 Å². The molecule has 0 saturated heterocycles. The lowest BCUT2D eigenvalue weighted by molar-refractivity contribution is 0.534. The number of thiazole rings is 1. The molecule has 0 unspecified atom stereocenters. The molecule has 0 radical (unpaired) electrons. The standard InChI is InChI=1S/C17H20N4OS/c1-11-14-6-4-5-7-15(14)22-16(11)10-21-17(18-3)20-9-13-8-19-12(2)23-13/h4-8H,9-10H2,1-3H3,(H2,18,20,21). The van der Waals surface area contributed by atoms with Gasteiger partial charge in [0.2, 0.25) is 0 Å². The predicted octanol–water partition coefficient (Wildman–Crippen LogP) is 3.37. The van der Waals surface area contributed by atoms with Gasteiger partial charge in [-0.05, 0) is 19.9 Å². The van der Waals surface area contributed by atoms with Crippen LogP contribution in [0.15, 0.2) is 39.9 Å². The van der Waals surface area contributed by atoms with Gasteiger partial charge in [-0.1, -0.05) is 18.2 Å². The molecule has 2 aromatic heterocycles. The Balaban J connectivity index is 1.62. The van der Waals surface area contributed by atoms with E-state index in [4.69, 9.17) is 4.42 Å². The third-order valence-corrected chi connectivity index (χ3v) is 4.59. The summed E-state index contributed by atoms with van der Waals surface area (Å²) in [6, 6.07) is 8.08. The van der Waals surface area contributed by atoms with E-state index in [0.29, 0.717) is 13.1 Å². The fourth-order valence-electron chi connectivity index (χ4n) is 2.44. The first-order chi connectivity index (χ1) is 11.2. The highest BCUT2D eigenvalue weighted by Crippen LogP contribution is 2.24. The number of aliphatic imine (C=N–C) groups is 1. The molecule has 0 aliphatic rings. The Hall–Kier alpha value is -2.34. The van der Waals surface area contributed by atoms with Gasteiger partial charge in [-0.15, -0.1) is 11.3 Å². The first-order valence-corrected chi connectivity index (χ1v) is 8.32. The molecule has 0 aliphatic carbocycles. The minimum atomic E-state index is 0.599. The average Bonchev–Trinajstić information content (AvgIpc) is 3.12. The molecule has 3 aromatic rings. The second-order valence-corrected chi connectivity index (χ2v) is 6.59. The van der Waals surface area contributed by atoms with Gasteiger partial charge >= 0.3 is 0 Å². The molecule has 6 heteroatoms. The number of fused-ring (bicyclic) bond motifs is 1. The number of nitrogens with one attached hydrogen (secondary N) is 2. The van der Waals surface area contributed by atoms with Gasteiger partial charge in [0.05, 0.1) is 18.1 Å². The van der Waals surface area contributed by atoms with Crippen molar-refractivity contribution in [3.8, 4) is 0 Å². The fraction of sp³-hybridized carbons (Fsp3) is 0.294. The minimum absolute atomic E-state index is 0.599. The van der Waals surface area contributed by atoms with Crippen LogP contribution >= 0.6 is 11.3 Å². The highest BCUT2D eigenvalue weighted by atomic mass is 32.1. The molecule has 0 amide bonds. The van der Waals surface area contributed by atoms with Crippen molar-refractivity contribution in [1.29, 1.82) is 0 Å². The molecule has 0 bridgehead atoms. The van der Waals surface area contributed by atoms with Crippen LogP contribution in [0.2, 0.25) is 0 Å². The van der Waals surface area contributed by atoms with Crippen LogP contribution in [0.5, 0.6) is 0 Å². The Morgan fingerprint density at radius 3 is 2.70 bits per heavy atom. The Labute approximate surface area is 139 Å². The Kier molecular flexibility index (Phi) is 4.62. The Morgan fingerprint density at radius 2 is 2.00 bits per heavy atom. The summed E-state index contributed by atoms with van der Waals surface area (Å²) >= 11 is 1.69. The summed E-state index contributed by atoms with van der Waals surface area (Å²) in [4.78, 5) is 9.68. The first-order valence-electron chi connectivity index (χ1n) is 7.50. The van der Waals surface area contributed by atoms with E-state index in [1.165, 1.54) is 10.4 Å². The summed E-state index contributed by atoms with van der Waals surface area (Å²) in [7, 11) is 1.76. The summed E-state index contributed by atoms with van der Waals surface area (Å²) < 4.78 is 5.91. The molecule has 1 aromatic carbocycles. The van der Waals surface area contributed by atoms with Gasteiger partial charge in [-0.3, -0.25) is 4.99 Å². The normalized spacial score (nSPS) is 11.9. The Morgan fingerprint density at radius 1 is 1.22 bits per heavy atom. The van der Waals surface area contributed by atoms with Gasteiger partial charge in [0.1, 0.15) is 11.3 Å². The number of guanidine groups is 1. The largest absolute Gasteiger partial charge is 0.459 e. The van der Waals surface area contributed by atoms with Gasteiger partial charge in [-0.2, -0.15) is 0 Å². The van der Waals surface area contributed by atoms with Gasteiger partial charge in [0.25, 0.3) is 0 Å². The number of furan rings is 1. The van der Waals surface area contributed by atoms with Crippen molar-refractivity contribution >= 4 is 28.3 Å². The maximum absolute atomic E-state index is 5.91. The topological polar surface area (TPSA) is 62.5 Å². The number of para-hydroxylation sites is 1. The lowest BCUT2D eigenvalue weighted by Gasteiger charge is -2.10. The third kappa shape index (κ3) is 3.53. The summed E-state index contributed by atoms with van der Waals surface area (Å²) in [5.74, 6) is 1.68. The smallest absolute Gasteiger partial charge is 0.191 e. The van der Waals surface area contributed by atoms with Crippen LogP contribution in [0.3, 0.4) is 0 Å². The summed E-state index contributed by atoms with van der Waals surface area (Å²) in [6.07, 6.45) is 1.89. The molecule has 0 fully saturated rings. The average molecular weight is 328 g/mol. The SMILES string of the molecule is CN=C(NCc1cnc(C)s1)NCc1oc2ccccc2c1C. The molecule has 2 heterocycles. The first kappa shape index (κ1) is 15.6. The van der Waals surface area contributed by atoms with Gasteiger partial charge in [0.15, 0.2) is 5.96 Å². The highest BCUT2D eigenvalue weighted by molar-refractivity contribution is 7.11. The minimum Gasteiger partial charge on any atom is -0.459 e. The van der Waals surface area contributed by atoms with Crippen molar-refractivity contribution < 1.29 is 4.42 Å². The lowest BCUT2D eigenvalue weighted by Crippen LogP contribution is -2.36. The van der Waals surface area contributed by atoms with Crippen molar-refractivity contribution in [2.24, 2.45) is 4.99 Å². The van der Waals surface area contributed by atoms with Gasteiger partial charge in [0, 0.05) is 29.1 Å².